The van der Waals surface area contributed by atoms with Gasteiger partial charge in [0.2, 0.25) is 0 Å². The Morgan fingerprint density at radius 1 is 0.476 bits per heavy atom. The maximum atomic E-state index is 11.8. The van der Waals surface area contributed by atoms with Gasteiger partial charge in [0.25, 0.3) is 0 Å². The second kappa shape index (κ2) is 36.6. The number of halogens is 3. The van der Waals surface area contributed by atoms with Crippen LogP contribution < -0.4 is 47.5 Å². The third-order valence-electron chi connectivity index (χ3n) is 17.2. The average molecular weight is 1590 g/mol. The van der Waals surface area contributed by atoms with Crippen LogP contribution in [-0.4, -0.2) is 134 Å². The second-order valence-electron chi connectivity index (χ2n) is 26.3. The van der Waals surface area contributed by atoms with Gasteiger partial charge in [0.05, 0.1) is 77.9 Å². The number of rotatable bonds is 3. The Labute approximate surface area is 638 Å². The van der Waals surface area contributed by atoms with Gasteiger partial charge in [-0.05, 0) is 164 Å². The maximum Gasteiger partial charge on any atom is 0.183 e. The number of anilines is 1. The van der Waals surface area contributed by atoms with Crippen molar-refractivity contribution in [3.05, 3.63) is 218 Å². The highest BCUT2D eigenvalue weighted by molar-refractivity contribution is 9.10. The third-order valence-corrected chi connectivity index (χ3v) is 20.0. The molecular formula is C83H84Br2ClNO17S. The molecule has 8 heterocycles. The molecule has 8 aromatic rings. The van der Waals surface area contributed by atoms with Crippen molar-refractivity contribution < 1.29 is 81.0 Å². The predicted molar refractivity (Wildman–Crippen MR) is 413 cm³/mol. The molecule has 105 heavy (non-hydrogen) atoms. The molecule has 0 amide bonds. The van der Waals surface area contributed by atoms with Crippen molar-refractivity contribution in [2.45, 2.75) is 125 Å². The van der Waals surface area contributed by atoms with E-state index in [-0.39, 0.29) is 79.8 Å². The summed E-state index contributed by atoms with van der Waals surface area (Å²) in [7, 11) is 5.52. The van der Waals surface area contributed by atoms with Crippen LogP contribution in [0.3, 0.4) is 0 Å². The zero-order valence-electron chi connectivity index (χ0n) is 60.4. The van der Waals surface area contributed by atoms with Gasteiger partial charge in [-0.1, -0.05) is 91.0 Å². The quantitative estimate of drug-likeness (QED) is 0.118. The highest BCUT2D eigenvalue weighted by atomic mass is 79.9. The van der Waals surface area contributed by atoms with E-state index >= 15 is 0 Å². The van der Waals surface area contributed by atoms with Crippen LogP contribution in [0, 0.1) is 13.8 Å². The van der Waals surface area contributed by atoms with Gasteiger partial charge in [-0.25, -0.2) is 0 Å². The van der Waals surface area contributed by atoms with Crippen molar-refractivity contribution in [2.75, 3.05) is 58.8 Å². The molecule has 0 radical (unpaired) electrons. The van der Waals surface area contributed by atoms with E-state index in [9.17, 15) is 38.4 Å². The van der Waals surface area contributed by atoms with Crippen LogP contribution >= 0.6 is 55.2 Å². The minimum atomic E-state index is -0.362. The normalized spacial score (nSPS) is 19.0. The fourth-order valence-corrected chi connectivity index (χ4v) is 13.0. The minimum absolute atomic E-state index is 0.0207. The molecule has 5 unspecified atom stereocenters. The smallest absolute Gasteiger partial charge is 0.183 e. The van der Waals surface area contributed by atoms with Crippen LogP contribution in [0.2, 0.25) is 5.02 Å². The second-order valence-corrected chi connectivity index (χ2v) is 29.7. The van der Waals surface area contributed by atoms with Gasteiger partial charge in [-0.3, -0.25) is 38.4 Å². The topological polar surface area (TPSA) is 223 Å². The molecule has 8 aliphatic heterocycles. The number of thioether (sulfide) groups is 1. The zero-order chi connectivity index (χ0) is 75.8. The van der Waals surface area contributed by atoms with Crippen LogP contribution in [-0.2, 0) is 0 Å². The van der Waals surface area contributed by atoms with Crippen molar-refractivity contribution in [2.24, 2.45) is 0 Å². The lowest BCUT2D eigenvalue weighted by Crippen LogP contribution is -2.35. The van der Waals surface area contributed by atoms with Crippen molar-refractivity contribution in [1.29, 1.82) is 0 Å². The molecule has 0 saturated carbocycles. The summed E-state index contributed by atoms with van der Waals surface area (Å²) in [5, 5.41) is 0.574. The van der Waals surface area contributed by atoms with Gasteiger partial charge in [-0.2, -0.15) is 0 Å². The van der Waals surface area contributed by atoms with Gasteiger partial charge in [-0.15, -0.1) is 11.8 Å². The van der Waals surface area contributed by atoms with Crippen LogP contribution in [0.25, 0.3) is 0 Å². The van der Waals surface area contributed by atoms with Gasteiger partial charge in [0.1, 0.15) is 91.9 Å². The van der Waals surface area contributed by atoms with E-state index in [1.54, 1.807) is 61.3 Å². The highest BCUT2D eigenvalue weighted by Crippen LogP contribution is 2.37. The first kappa shape index (κ1) is 79.8. The summed E-state index contributed by atoms with van der Waals surface area (Å²) in [5.41, 5.74) is 8.37. The lowest BCUT2D eigenvalue weighted by Gasteiger charge is -2.31. The van der Waals surface area contributed by atoms with E-state index < -0.39 is 0 Å². The number of nitrogens with zero attached hydrogens (tertiary/aromatic N) is 1. The number of fused-ring (bicyclic) bond motifs is 8. The van der Waals surface area contributed by atoms with Gasteiger partial charge >= 0.3 is 0 Å². The van der Waals surface area contributed by atoms with Crippen molar-refractivity contribution in [1.82, 2.24) is 0 Å². The fourth-order valence-electron chi connectivity index (χ4n) is 11.7. The Kier molecular flexibility index (Phi) is 27.8. The number of aryl methyl sites for hydroxylation is 2. The Balaban J connectivity index is 0.000000139. The number of benzene rings is 8. The molecule has 8 aliphatic rings. The van der Waals surface area contributed by atoms with E-state index in [0.717, 1.165) is 55.6 Å². The number of carbonyl (C=O) groups excluding carboxylic acids is 8. The molecule has 0 saturated heterocycles. The number of hydrogen-bond donors (Lipinski definition) is 0. The molecule has 550 valence electrons. The van der Waals surface area contributed by atoms with Gasteiger partial charge in [0, 0.05) is 73.9 Å². The first-order valence-electron chi connectivity index (χ1n) is 34.2. The fraction of sp³-hybridized carbons (Fsp3) is 0.325. The SMILES string of the molecule is CC1CC(=O)c2cc(Cl)ccc2O1.CC1CC(=O)c2ccccc2O1.CC1Oc2ccccc2C(=O)C1Br.CN(C)c1ccc2c(c1)OCCC2=O.COc1ccc2c(c1)OCCC2=O.CSc1ccc2c(c1)OCCC2=O.Cc1ccc2c(c1)C(=O)C(Br)CO2.Cc1ccc2c(c1)C(=O)CC(C)(C)O2. The Hall–Kier alpha value is -9.28. The number of alkyl halides is 2. The van der Waals surface area contributed by atoms with E-state index in [0.29, 0.717) is 132 Å². The molecule has 18 nitrogen and oxygen atoms in total. The first-order chi connectivity index (χ1) is 50.1. The van der Waals surface area contributed by atoms with E-state index in [2.05, 4.69) is 31.9 Å². The van der Waals surface area contributed by atoms with Gasteiger partial charge < -0.3 is 47.5 Å². The summed E-state index contributed by atoms with van der Waals surface area (Å²) in [4.78, 5) is 95.0. The summed E-state index contributed by atoms with van der Waals surface area (Å²) in [5.74, 6) is 7.49. The number of para-hydroxylation sites is 2. The summed E-state index contributed by atoms with van der Waals surface area (Å²) in [6.45, 7) is 15.4. The molecule has 0 aliphatic carbocycles. The molecule has 22 heteroatoms. The third kappa shape index (κ3) is 21.3. The van der Waals surface area contributed by atoms with E-state index in [1.807, 2.05) is 189 Å². The monoisotopic (exact) mass is 1590 g/mol. The van der Waals surface area contributed by atoms with Crippen LogP contribution in [0.5, 0.6) is 51.7 Å². The average Bonchev–Trinajstić information content (AvgIpc) is 0.792. The number of Topliss-reactive ketones (excluding diaryl/α,β-unsaturated/α-hetero) is 8. The number of ether oxygens (including phenoxy) is 9. The Morgan fingerprint density at radius 3 is 1.55 bits per heavy atom. The molecule has 0 fully saturated rings. The molecule has 5 atom stereocenters. The molecule has 0 aromatic heterocycles. The number of ketones is 8. The van der Waals surface area contributed by atoms with Crippen LogP contribution in [0.1, 0.15) is 167 Å². The Bertz CT molecular complexity index is 4490. The summed E-state index contributed by atoms with van der Waals surface area (Å²) >= 11 is 14.0. The lowest BCUT2D eigenvalue weighted by atomic mass is 9.92. The summed E-state index contributed by atoms with van der Waals surface area (Å²) in [6.07, 6.45) is 4.77. The number of carbonyl (C=O) groups is 8. The highest BCUT2D eigenvalue weighted by Gasteiger charge is 2.34. The Morgan fingerprint density at radius 2 is 0.962 bits per heavy atom. The number of hydrogen-bond acceptors (Lipinski definition) is 19. The zero-order valence-corrected chi connectivity index (χ0v) is 65.1. The van der Waals surface area contributed by atoms with Crippen LogP contribution in [0.4, 0.5) is 5.69 Å². The van der Waals surface area contributed by atoms with Crippen molar-refractivity contribution in [3.63, 3.8) is 0 Å². The maximum absolute atomic E-state index is 11.8. The lowest BCUT2D eigenvalue weighted by molar-refractivity contribution is 0.0617. The minimum Gasteiger partial charge on any atom is -0.497 e. The molecule has 0 N–H and O–H groups in total. The molecule has 8 aromatic carbocycles. The van der Waals surface area contributed by atoms with E-state index in [4.69, 9.17) is 54.2 Å². The van der Waals surface area contributed by atoms with Crippen LogP contribution in [0.15, 0.2) is 163 Å². The van der Waals surface area contributed by atoms with E-state index in [1.165, 1.54) is 0 Å². The molecular weight excluding hydrogens is 1510 g/mol. The van der Waals surface area contributed by atoms with Crippen molar-refractivity contribution >= 4 is 107 Å². The molecule has 0 bridgehead atoms. The summed E-state index contributed by atoms with van der Waals surface area (Å²) in [6, 6.07) is 47.9. The molecule has 16 rings (SSSR count). The largest absolute Gasteiger partial charge is 0.497 e. The van der Waals surface area contributed by atoms with Gasteiger partial charge in [0.15, 0.2) is 46.3 Å². The first-order valence-corrected chi connectivity index (χ1v) is 37.7. The molecule has 0 spiro atoms. The number of methoxy groups -OCH3 is 1. The van der Waals surface area contributed by atoms with Crippen molar-refractivity contribution in [3.8, 4) is 51.7 Å². The predicted octanol–water partition coefficient (Wildman–Crippen LogP) is 18.0. The standard InChI is InChI=1S/C12H14O2.C11H13NO2.2C10H9BrO2.C10H9ClO2.C10H10O3.C10H10O2S.C10H10O2/c1-8-4-5-11-9(6-8)10(13)7-12(2,3)14-11;1-12(2)8-3-4-9-10(13)5-6-14-11(9)7-8;1-6-2-3-9-7(4-6)10(12)8(11)5-13-9;1-6-9(11)10(12)7-4-2-3-5-8(7)13-6;1-6-4-9(12)8-5-7(11)2-3-10(8)13-6;1-12-7-2-3-8-9(11)4-5-13-10(8)6-7;1-13-7-2-3-8-9(11)4-5-12-10(8)6-7;1-7-6-9(11)8-4-2-3-5-10(8)12-7/h4-6H,7H2,1-3H3;3-4,7H,5-6H2,1-2H3;2-4,8H,5H2,1H3;2-6,9H,1H3;2-3,5-6H,4H2,1H3;2*2-3,6H,4-5H2,1H3;2-5,7H,6H2,1H3. The summed E-state index contributed by atoms with van der Waals surface area (Å²) < 4.78 is 48.8.